The molecule has 0 unspecified atom stereocenters. The summed E-state index contributed by atoms with van der Waals surface area (Å²) in [5.74, 6) is -0.289. The first-order valence-corrected chi connectivity index (χ1v) is 8.13. The number of hydrogen-bond donors (Lipinski definition) is 3. The van der Waals surface area contributed by atoms with Gasteiger partial charge in [-0.3, -0.25) is 0 Å². The number of benzene rings is 1. The molecule has 4 atom stereocenters. The molecule has 3 N–H and O–H groups in total. The van der Waals surface area contributed by atoms with Crippen molar-refractivity contribution in [2.75, 3.05) is 14.1 Å². The van der Waals surface area contributed by atoms with E-state index in [9.17, 15) is 23.0 Å². The van der Waals surface area contributed by atoms with Crippen molar-refractivity contribution >= 4 is 10.2 Å². The molecular weight excluding hydrogens is 315 g/mol. The number of nitrogens with zero attached hydrogens (tertiary/aromatic N) is 1. The topological polar surface area (TPSA) is 99.1 Å². The molecule has 0 saturated heterocycles. The van der Waals surface area contributed by atoms with Gasteiger partial charge in [-0.25, -0.2) is 4.39 Å². The van der Waals surface area contributed by atoms with Gasteiger partial charge in [0.15, 0.2) is 0 Å². The number of aliphatic hydroxyl groups excluding tert-OH is 2. The van der Waals surface area contributed by atoms with E-state index in [4.69, 9.17) is 4.74 Å². The van der Waals surface area contributed by atoms with Crippen molar-refractivity contribution in [2.45, 2.75) is 30.8 Å². The van der Waals surface area contributed by atoms with E-state index in [2.05, 4.69) is 4.72 Å². The number of hydrogen-bond acceptors (Lipinski definition) is 5. The zero-order valence-corrected chi connectivity index (χ0v) is 13.0. The second-order valence-electron chi connectivity index (χ2n) is 5.34. The normalized spacial score (nSPS) is 29.0. The minimum Gasteiger partial charge on any atom is -0.487 e. The number of rotatable bonds is 5. The largest absolute Gasteiger partial charge is 0.487 e. The van der Waals surface area contributed by atoms with E-state index < -0.39 is 40.4 Å². The van der Waals surface area contributed by atoms with Crippen molar-refractivity contribution < 1.29 is 27.8 Å². The van der Waals surface area contributed by atoms with E-state index >= 15 is 0 Å². The summed E-state index contributed by atoms with van der Waals surface area (Å²) < 4.78 is 45.4. The van der Waals surface area contributed by atoms with E-state index in [0.29, 0.717) is 0 Å². The third-order valence-electron chi connectivity index (χ3n) is 3.49. The van der Waals surface area contributed by atoms with Crippen LogP contribution >= 0.6 is 0 Å². The molecule has 0 spiro atoms. The van der Waals surface area contributed by atoms with E-state index in [1.807, 2.05) is 0 Å². The molecule has 1 fully saturated rings. The van der Waals surface area contributed by atoms with Gasteiger partial charge < -0.3 is 14.9 Å². The smallest absolute Gasteiger partial charge is 0.279 e. The second-order valence-corrected chi connectivity index (χ2v) is 7.26. The minimum atomic E-state index is -3.74. The van der Waals surface area contributed by atoms with Crippen LogP contribution in [0.15, 0.2) is 24.3 Å². The molecular formula is C13H19FN2O5S. The lowest BCUT2D eigenvalue weighted by molar-refractivity contribution is -0.0126. The molecule has 1 aliphatic rings. The molecule has 2 rings (SSSR count). The third-order valence-corrected chi connectivity index (χ3v) is 5.06. The predicted octanol–water partition coefficient (Wildman–Crippen LogP) is -0.537. The highest BCUT2D eigenvalue weighted by atomic mass is 32.2. The molecule has 0 radical (unpaired) electrons. The summed E-state index contributed by atoms with van der Waals surface area (Å²) in [6.07, 6.45) is -3.37. The summed E-state index contributed by atoms with van der Waals surface area (Å²) in [5.41, 5.74) is 0. The molecule has 0 aliphatic heterocycles. The van der Waals surface area contributed by atoms with Crippen molar-refractivity contribution in [2.24, 2.45) is 0 Å². The first kappa shape index (κ1) is 17.1. The minimum absolute atomic E-state index is 0.0614. The highest BCUT2D eigenvalue weighted by Crippen LogP contribution is 2.26. The SMILES string of the molecule is CN(C)S(=O)(=O)N[C@@H]1C[C@@H](Oc2cccc(F)c2)[C@H](O)[C@H]1O. The molecule has 7 nitrogen and oxygen atoms in total. The Hall–Kier alpha value is -1.26. The Morgan fingerprint density at radius 1 is 1.32 bits per heavy atom. The van der Waals surface area contributed by atoms with Crippen molar-refractivity contribution in [3.05, 3.63) is 30.1 Å². The van der Waals surface area contributed by atoms with Crippen LogP contribution in [-0.4, -0.2) is 61.4 Å². The molecule has 1 aromatic rings. The summed E-state index contributed by atoms with van der Waals surface area (Å²) >= 11 is 0. The molecule has 0 aromatic heterocycles. The average Bonchev–Trinajstić information content (AvgIpc) is 2.66. The van der Waals surface area contributed by atoms with Crippen LogP contribution in [-0.2, 0) is 10.2 Å². The third kappa shape index (κ3) is 3.73. The molecule has 0 bridgehead atoms. The maximum absolute atomic E-state index is 13.1. The Balaban J connectivity index is 2.07. The maximum Gasteiger partial charge on any atom is 0.279 e. The molecule has 22 heavy (non-hydrogen) atoms. The van der Waals surface area contributed by atoms with Gasteiger partial charge in [0.25, 0.3) is 10.2 Å². The first-order chi connectivity index (χ1) is 10.2. The summed E-state index contributed by atoms with van der Waals surface area (Å²) in [5, 5.41) is 19.9. The summed E-state index contributed by atoms with van der Waals surface area (Å²) in [6, 6.07) is 4.48. The zero-order valence-electron chi connectivity index (χ0n) is 12.2. The molecule has 124 valence electrons. The van der Waals surface area contributed by atoms with Gasteiger partial charge in [-0.05, 0) is 12.1 Å². The fraction of sp³-hybridized carbons (Fsp3) is 0.538. The van der Waals surface area contributed by atoms with E-state index in [0.717, 1.165) is 10.4 Å². The van der Waals surface area contributed by atoms with Crippen LogP contribution < -0.4 is 9.46 Å². The van der Waals surface area contributed by atoms with Gasteiger partial charge in [0.2, 0.25) is 0 Å². The number of ether oxygens (including phenoxy) is 1. The highest BCUT2D eigenvalue weighted by molar-refractivity contribution is 7.87. The fourth-order valence-corrected chi connectivity index (χ4v) is 3.06. The van der Waals surface area contributed by atoms with Gasteiger partial charge in [0, 0.05) is 26.6 Å². The van der Waals surface area contributed by atoms with Crippen LogP contribution in [0.4, 0.5) is 4.39 Å². The monoisotopic (exact) mass is 334 g/mol. The zero-order chi connectivity index (χ0) is 16.5. The van der Waals surface area contributed by atoms with Crippen LogP contribution in [0.5, 0.6) is 5.75 Å². The van der Waals surface area contributed by atoms with Gasteiger partial charge in [0.05, 0.1) is 6.04 Å². The molecule has 9 heteroatoms. The van der Waals surface area contributed by atoms with Crippen LogP contribution in [0.2, 0.25) is 0 Å². The predicted molar refractivity (Wildman–Crippen MR) is 77.0 cm³/mol. The summed E-state index contributed by atoms with van der Waals surface area (Å²) in [7, 11) is -1.05. The van der Waals surface area contributed by atoms with Gasteiger partial charge in [-0.15, -0.1) is 0 Å². The number of halogens is 1. The first-order valence-electron chi connectivity index (χ1n) is 6.69. The Labute approximate surface area is 128 Å². The van der Waals surface area contributed by atoms with E-state index in [1.165, 1.54) is 32.3 Å². The van der Waals surface area contributed by atoms with Crippen LogP contribution in [0, 0.1) is 5.82 Å². The Kier molecular flexibility index (Phi) is 5.03. The number of nitrogens with one attached hydrogen (secondary N) is 1. The van der Waals surface area contributed by atoms with Gasteiger partial charge in [0.1, 0.15) is 29.9 Å². The quantitative estimate of drug-likeness (QED) is 0.672. The molecule has 0 heterocycles. The summed E-state index contributed by atoms with van der Waals surface area (Å²) in [4.78, 5) is 0. The maximum atomic E-state index is 13.1. The van der Waals surface area contributed by atoms with Crippen molar-refractivity contribution in [3.63, 3.8) is 0 Å². The lowest BCUT2D eigenvalue weighted by atomic mass is 10.2. The molecule has 1 saturated carbocycles. The van der Waals surface area contributed by atoms with Crippen molar-refractivity contribution in [3.8, 4) is 5.75 Å². The Bertz CT molecular complexity index is 625. The molecule has 1 aromatic carbocycles. The van der Waals surface area contributed by atoms with Crippen LogP contribution in [0.3, 0.4) is 0 Å². The highest BCUT2D eigenvalue weighted by Gasteiger charge is 2.44. The molecule has 1 aliphatic carbocycles. The standard InChI is InChI=1S/C13H19FN2O5S/c1-16(2)22(19,20)15-10-7-11(13(18)12(10)17)21-9-5-3-4-8(14)6-9/h3-6,10-13,15,17-18H,7H2,1-2H3/t10-,11-,12+,13+/m1/s1. The van der Waals surface area contributed by atoms with Crippen LogP contribution in [0.1, 0.15) is 6.42 Å². The number of aliphatic hydroxyl groups is 2. The van der Waals surface area contributed by atoms with Gasteiger partial charge >= 0.3 is 0 Å². The average molecular weight is 334 g/mol. The van der Waals surface area contributed by atoms with Crippen LogP contribution in [0.25, 0.3) is 0 Å². The lowest BCUT2D eigenvalue weighted by Crippen LogP contribution is -2.47. The van der Waals surface area contributed by atoms with Gasteiger partial charge in [-0.1, -0.05) is 6.07 Å². The van der Waals surface area contributed by atoms with Gasteiger partial charge in [-0.2, -0.15) is 17.4 Å². The van der Waals surface area contributed by atoms with Crippen molar-refractivity contribution in [1.29, 1.82) is 0 Å². The second kappa shape index (κ2) is 6.47. The Morgan fingerprint density at radius 2 is 2.00 bits per heavy atom. The Morgan fingerprint density at radius 3 is 2.59 bits per heavy atom. The molecule has 0 amide bonds. The van der Waals surface area contributed by atoms with E-state index in [-0.39, 0.29) is 12.2 Å². The van der Waals surface area contributed by atoms with Crippen molar-refractivity contribution in [1.82, 2.24) is 9.03 Å². The van der Waals surface area contributed by atoms with E-state index in [1.54, 1.807) is 0 Å². The fourth-order valence-electron chi connectivity index (χ4n) is 2.23. The lowest BCUT2D eigenvalue weighted by Gasteiger charge is -2.20. The summed E-state index contributed by atoms with van der Waals surface area (Å²) in [6.45, 7) is 0.